The summed E-state index contributed by atoms with van der Waals surface area (Å²) in [5.41, 5.74) is 21.2. The Morgan fingerprint density at radius 3 is 1.69 bits per heavy atom. The van der Waals surface area contributed by atoms with Gasteiger partial charge >= 0.3 is 0 Å². The molecule has 0 aliphatic heterocycles. The van der Waals surface area contributed by atoms with E-state index in [1.807, 2.05) is 11.3 Å². The molecule has 0 amide bonds. The molecule has 4 bridgehead atoms. The first-order valence-electron chi connectivity index (χ1n) is 24.5. The molecular formula is C63H51NS. The van der Waals surface area contributed by atoms with Crippen LogP contribution in [0, 0.1) is 23.7 Å². The van der Waals surface area contributed by atoms with Gasteiger partial charge in [0.15, 0.2) is 0 Å². The van der Waals surface area contributed by atoms with Crippen LogP contribution in [0.2, 0.25) is 0 Å². The van der Waals surface area contributed by atoms with Crippen molar-refractivity contribution in [3.63, 3.8) is 0 Å². The van der Waals surface area contributed by atoms with E-state index in [9.17, 15) is 0 Å². The van der Waals surface area contributed by atoms with Crippen LogP contribution in [-0.2, 0) is 10.8 Å². The fourth-order valence-electron chi connectivity index (χ4n) is 15.4. The van der Waals surface area contributed by atoms with Gasteiger partial charge in [0, 0.05) is 48.1 Å². The predicted molar refractivity (Wildman–Crippen MR) is 273 cm³/mol. The van der Waals surface area contributed by atoms with Gasteiger partial charge in [-0.15, -0.1) is 11.3 Å². The third-order valence-electron chi connectivity index (χ3n) is 17.8. The van der Waals surface area contributed by atoms with Crippen LogP contribution in [0.1, 0.15) is 80.0 Å². The number of hydrogen-bond acceptors (Lipinski definition) is 2. The third-order valence-corrected chi connectivity index (χ3v) is 18.9. The van der Waals surface area contributed by atoms with Crippen LogP contribution in [0.5, 0.6) is 0 Å². The van der Waals surface area contributed by atoms with Crippen molar-refractivity contribution < 1.29 is 0 Å². The van der Waals surface area contributed by atoms with Crippen LogP contribution < -0.4 is 4.90 Å². The molecular weight excluding hydrogens is 803 g/mol. The molecule has 5 saturated carbocycles. The van der Waals surface area contributed by atoms with Gasteiger partial charge in [-0.1, -0.05) is 140 Å². The summed E-state index contributed by atoms with van der Waals surface area (Å²) < 4.78 is 2.68. The summed E-state index contributed by atoms with van der Waals surface area (Å²) >= 11 is 1.94. The minimum Gasteiger partial charge on any atom is -0.310 e. The molecule has 0 unspecified atom stereocenters. The van der Waals surface area contributed by atoms with E-state index in [4.69, 9.17) is 0 Å². The van der Waals surface area contributed by atoms with Gasteiger partial charge in [-0.25, -0.2) is 0 Å². The zero-order valence-electron chi connectivity index (χ0n) is 36.8. The van der Waals surface area contributed by atoms with E-state index in [1.165, 1.54) is 151 Å². The van der Waals surface area contributed by atoms with Crippen LogP contribution in [0.3, 0.4) is 0 Å². The van der Waals surface area contributed by atoms with Gasteiger partial charge in [0.1, 0.15) is 0 Å². The first kappa shape index (κ1) is 37.0. The van der Waals surface area contributed by atoms with Gasteiger partial charge in [-0.2, -0.15) is 0 Å². The summed E-state index contributed by atoms with van der Waals surface area (Å²) in [5.74, 6) is 3.50. The number of anilines is 3. The number of benzene rings is 8. The lowest BCUT2D eigenvalue weighted by atomic mass is 9.43. The van der Waals surface area contributed by atoms with Crippen molar-refractivity contribution in [1.29, 1.82) is 0 Å². The fraction of sp³-hybridized carbons (Fsp3) is 0.238. The van der Waals surface area contributed by atoms with Crippen molar-refractivity contribution >= 4 is 48.6 Å². The van der Waals surface area contributed by atoms with E-state index in [2.05, 4.69) is 181 Å². The molecule has 314 valence electrons. The molecule has 65 heavy (non-hydrogen) atoms. The Kier molecular flexibility index (Phi) is 7.79. The van der Waals surface area contributed by atoms with Gasteiger partial charge in [0.05, 0.1) is 0 Å². The molecule has 7 aliphatic rings. The largest absolute Gasteiger partial charge is 0.310 e. The van der Waals surface area contributed by atoms with E-state index >= 15 is 0 Å². The van der Waals surface area contributed by atoms with Crippen molar-refractivity contribution in [2.24, 2.45) is 23.7 Å². The van der Waals surface area contributed by atoms with E-state index < -0.39 is 0 Å². The number of rotatable bonds is 5. The lowest BCUT2D eigenvalue weighted by molar-refractivity contribution is -0.0399. The highest BCUT2D eigenvalue weighted by Crippen LogP contribution is 2.69. The van der Waals surface area contributed by atoms with E-state index in [0.29, 0.717) is 0 Å². The molecule has 1 heterocycles. The van der Waals surface area contributed by atoms with Crippen LogP contribution in [0.25, 0.3) is 64.7 Å². The van der Waals surface area contributed by atoms with Crippen molar-refractivity contribution in [2.75, 3.05) is 4.90 Å². The lowest BCUT2D eigenvalue weighted by Gasteiger charge is -2.61. The first-order chi connectivity index (χ1) is 32.1. The number of nitrogens with zero attached hydrogens (tertiary/aromatic N) is 1. The zero-order chi connectivity index (χ0) is 42.4. The highest BCUT2D eigenvalue weighted by molar-refractivity contribution is 7.25. The van der Waals surface area contributed by atoms with Crippen LogP contribution in [0.4, 0.5) is 17.1 Å². The molecule has 7 aliphatic carbocycles. The SMILES string of the molecule is c1ccc(-c2ccc(N(c3ccc4c(c3)C3(CCCC3)c3ccccc3-4)c3ccc4c(c3)sc3cc(-c5ccc6c(c5)-c5ccccc5[C@]65[C@@H]6CC7C[C@@H](C6)C[C@@H]5C7)ccc34)cc2)cc1. The predicted octanol–water partition coefficient (Wildman–Crippen LogP) is 17.4. The maximum Gasteiger partial charge on any atom is 0.0476 e. The molecule has 0 N–H and O–H groups in total. The van der Waals surface area contributed by atoms with Crippen LogP contribution in [-0.4, -0.2) is 0 Å². The maximum atomic E-state index is 2.57. The number of fused-ring (bicyclic) bond motifs is 11. The van der Waals surface area contributed by atoms with Gasteiger partial charge in [-0.05, 0) is 184 Å². The number of thiophene rings is 1. The van der Waals surface area contributed by atoms with Crippen molar-refractivity contribution in [1.82, 2.24) is 0 Å². The molecule has 5 fully saturated rings. The van der Waals surface area contributed by atoms with Crippen molar-refractivity contribution in [3.05, 3.63) is 198 Å². The fourth-order valence-corrected chi connectivity index (χ4v) is 16.6. The number of hydrogen-bond donors (Lipinski definition) is 0. The summed E-state index contributed by atoms with van der Waals surface area (Å²) in [4.78, 5) is 2.51. The Morgan fingerprint density at radius 2 is 0.923 bits per heavy atom. The summed E-state index contributed by atoms with van der Waals surface area (Å²) in [7, 11) is 0. The second-order valence-corrected chi connectivity index (χ2v) is 21.9. The van der Waals surface area contributed by atoms with E-state index in [1.54, 1.807) is 11.1 Å². The summed E-state index contributed by atoms with van der Waals surface area (Å²) in [6.07, 6.45) is 12.2. The highest BCUT2D eigenvalue weighted by atomic mass is 32.1. The quantitative estimate of drug-likeness (QED) is 0.167. The standard InChI is InChI=1S/C63H51NS/c1-2-10-41(11-3-1)42-16-20-47(21-17-42)64(48-22-25-52-50-12-4-6-14-56(50)62(59(52)37-48)28-8-9-29-62)49-23-26-54-53-24-18-44(36-60(53)65-61(54)38-49)43-19-27-58-55(35-43)51-13-5-7-15-57(51)63(58)45-31-39-30-40(33-45)34-46(63)32-39/h1-7,10-27,35-40,45-46H,8-9,28-34H2/t39-,40?,45-,46+,63+. The molecule has 0 atom stereocenters. The first-order valence-corrected chi connectivity index (χ1v) is 25.4. The maximum absolute atomic E-state index is 2.57. The molecule has 16 rings (SSSR count). The van der Waals surface area contributed by atoms with Crippen molar-refractivity contribution in [2.45, 2.75) is 68.6 Å². The smallest absolute Gasteiger partial charge is 0.0476 e. The monoisotopic (exact) mass is 853 g/mol. The molecule has 9 aromatic rings. The molecule has 2 heteroatoms. The summed E-state index contributed by atoms with van der Waals surface area (Å²) in [6, 6.07) is 68.1. The van der Waals surface area contributed by atoms with Gasteiger partial charge < -0.3 is 4.90 Å². The van der Waals surface area contributed by atoms with Gasteiger partial charge in [0.25, 0.3) is 0 Å². The Bertz CT molecular complexity index is 3370. The van der Waals surface area contributed by atoms with Gasteiger partial charge in [0.2, 0.25) is 0 Å². The van der Waals surface area contributed by atoms with Crippen LogP contribution in [0.15, 0.2) is 176 Å². The zero-order valence-corrected chi connectivity index (χ0v) is 37.6. The molecule has 0 saturated heterocycles. The summed E-state index contributed by atoms with van der Waals surface area (Å²) in [6.45, 7) is 0. The molecule has 0 radical (unpaired) electrons. The minimum absolute atomic E-state index is 0.108. The second kappa shape index (κ2) is 13.7. The third kappa shape index (κ3) is 5.15. The average Bonchev–Trinajstić information content (AvgIpc) is 4.12. The summed E-state index contributed by atoms with van der Waals surface area (Å²) in [5, 5.41) is 2.68. The average molecular weight is 854 g/mol. The molecule has 1 aromatic heterocycles. The molecule has 1 nitrogen and oxygen atoms in total. The van der Waals surface area contributed by atoms with Crippen molar-refractivity contribution in [3.8, 4) is 44.5 Å². The van der Waals surface area contributed by atoms with Gasteiger partial charge in [-0.3, -0.25) is 0 Å². The normalized spacial score (nSPS) is 23.6. The minimum atomic E-state index is 0.108. The Labute approximate surface area is 386 Å². The second-order valence-electron chi connectivity index (χ2n) is 20.8. The molecule has 8 aromatic carbocycles. The lowest BCUT2D eigenvalue weighted by Crippen LogP contribution is -2.55. The van der Waals surface area contributed by atoms with Crippen LogP contribution >= 0.6 is 11.3 Å². The van der Waals surface area contributed by atoms with E-state index in [-0.39, 0.29) is 10.8 Å². The Morgan fingerprint density at radius 1 is 0.385 bits per heavy atom. The topological polar surface area (TPSA) is 3.24 Å². The Balaban J connectivity index is 0.832. The van der Waals surface area contributed by atoms with E-state index in [0.717, 1.165) is 23.7 Å². The highest BCUT2D eigenvalue weighted by Gasteiger charge is 2.61. The molecule has 2 spiro atoms. The Hall–Kier alpha value is -6.22.